The zero-order chi connectivity index (χ0) is 25.0. The number of hydrogen-bond donors (Lipinski definition) is 3. The summed E-state index contributed by atoms with van der Waals surface area (Å²) in [6.45, 7) is 1.87. The van der Waals surface area contributed by atoms with Crippen LogP contribution in [0.2, 0.25) is 0 Å². The Morgan fingerprint density at radius 1 is 0.697 bits per heavy atom. The number of hydrogen-bond acceptors (Lipinski definition) is 9. The highest BCUT2D eigenvalue weighted by Crippen LogP contribution is 2.43. The van der Waals surface area contributed by atoms with Crippen LogP contribution >= 0.6 is 7.82 Å². The molecule has 0 saturated carbocycles. The van der Waals surface area contributed by atoms with Crippen LogP contribution in [0.4, 0.5) is 0 Å². The van der Waals surface area contributed by atoms with E-state index in [0.717, 1.165) is 32.1 Å². The number of aliphatic hydroxyl groups excluding tert-OH is 2. The Balaban J connectivity index is 4.20. The fourth-order valence-corrected chi connectivity index (χ4v) is 3.66. The second-order valence-corrected chi connectivity index (χ2v) is 9.43. The van der Waals surface area contributed by atoms with Crippen molar-refractivity contribution in [3.63, 3.8) is 0 Å². The van der Waals surface area contributed by atoms with Crippen LogP contribution in [0.25, 0.3) is 0 Å². The third-order valence-corrected chi connectivity index (χ3v) is 5.77. The highest BCUT2D eigenvalue weighted by molar-refractivity contribution is 7.47. The minimum atomic E-state index is -4.58. The summed E-state index contributed by atoms with van der Waals surface area (Å²) in [5.74, 6) is -1.05. The van der Waals surface area contributed by atoms with E-state index in [1.165, 1.54) is 19.3 Å². The zero-order valence-electron chi connectivity index (χ0n) is 20.1. The summed E-state index contributed by atoms with van der Waals surface area (Å²) in [7, 11) is -4.58. The zero-order valence-corrected chi connectivity index (χ0v) is 21.0. The van der Waals surface area contributed by atoms with E-state index in [-0.39, 0.29) is 12.8 Å². The first-order valence-electron chi connectivity index (χ1n) is 12.0. The Bertz CT molecular complexity index is 557. The molecular formula is C22H43O10P. The van der Waals surface area contributed by atoms with Gasteiger partial charge in [-0.15, -0.1) is 0 Å². The third-order valence-electron chi connectivity index (χ3n) is 4.82. The van der Waals surface area contributed by atoms with Crippen molar-refractivity contribution in [1.29, 1.82) is 0 Å². The molecule has 33 heavy (non-hydrogen) atoms. The van der Waals surface area contributed by atoms with Crippen LogP contribution in [-0.2, 0) is 32.7 Å². The Hall–Kier alpha value is -1.03. The quantitative estimate of drug-likeness (QED) is 0.115. The van der Waals surface area contributed by atoms with Crippen molar-refractivity contribution in [1.82, 2.24) is 0 Å². The van der Waals surface area contributed by atoms with Gasteiger partial charge in [0.1, 0.15) is 12.2 Å². The molecule has 0 saturated heterocycles. The number of carbonyl (C=O) groups excluding carboxylic acids is 2. The molecule has 0 radical (unpaired) electrons. The first-order chi connectivity index (χ1) is 15.8. The summed E-state index contributed by atoms with van der Waals surface area (Å²) in [4.78, 5) is 33.4. The molecule has 3 unspecified atom stereocenters. The molecule has 0 amide bonds. The van der Waals surface area contributed by atoms with Crippen LogP contribution < -0.4 is 0 Å². The predicted molar refractivity (Wildman–Crippen MR) is 122 cm³/mol. The minimum Gasteiger partial charge on any atom is -0.457 e. The molecule has 0 bridgehead atoms. The van der Waals surface area contributed by atoms with E-state index in [2.05, 4.69) is 6.92 Å². The molecule has 0 rings (SSSR count). The van der Waals surface area contributed by atoms with Crippen LogP contribution in [0.3, 0.4) is 0 Å². The summed E-state index contributed by atoms with van der Waals surface area (Å²) >= 11 is 0. The second kappa shape index (κ2) is 20.4. The molecule has 0 heterocycles. The van der Waals surface area contributed by atoms with Gasteiger partial charge in [0.15, 0.2) is 0 Å². The number of phosphoric ester groups is 1. The number of esters is 2. The monoisotopic (exact) mass is 498 g/mol. The smallest absolute Gasteiger partial charge is 0.457 e. The van der Waals surface area contributed by atoms with Gasteiger partial charge < -0.3 is 24.6 Å². The molecule has 10 nitrogen and oxygen atoms in total. The lowest BCUT2D eigenvalue weighted by Crippen LogP contribution is -2.28. The molecule has 0 aromatic heterocycles. The van der Waals surface area contributed by atoms with E-state index in [9.17, 15) is 29.3 Å². The van der Waals surface area contributed by atoms with E-state index < -0.39 is 58.4 Å². The van der Waals surface area contributed by atoms with Gasteiger partial charge in [-0.05, 0) is 12.8 Å². The third kappa shape index (κ3) is 19.0. The largest absolute Gasteiger partial charge is 0.472 e. The highest BCUT2D eigenvalue weighted by atomic mass is 31.2. The molecule has 0 spiro atoms. The fourth-order valence-electron chi connectivity index (χ4n) is 2.88. The fraction of sp³-hybridized carbons (Fsp3) is 0.909. The summed E-state index contributed by atoms with van der Waals surface area (Å²) in [5, 5.41) is 18.6. The summed E-state index contributed by atoms with van der Waals surface area (Å²) in [6.07, 6.45) is 7.95. The van der Waals surface area contributed by atoms with Crippen molar-refractivity contribution in [2.24, 2.45) is 0 Å². The molecule has 0 aliphatic carbocycles. The number of carbonyl (C=O) groups is 2. The molecule has 3 atom stereocenters. The summed E-state index contributed by atoms with van der Waals surface area (Å²) in [6, 6.07) is 0. The van der Waals surface area contributed by atoms with Gasteiger partial charge in [-0.1, -0.05) is 65.2 Å². The van der Waals surface area contributed by atoms with Crippen molar-refractivity contribution >= 4 is 19.8 Å². The van der Waals surface area contributed by atoms with Gasteiger partial charge in [-0.3, -0.25) is 18.6 Å². The van der Waals surface area contributed by atoms with Crippen LogP contribution in [0.15, 0.2) is 0 Å². The molecule has 0 aromatic rings. The van der Waals surface area contributed by atoms with E-state index in [1.807, 2.05) is 6.92 Å². The van der Waals surface area contributed by atoms with Crippen LogP contribution in [0.5, 0.6) is 0 Å². The van der Waals surface area contributed by atoms with Crippen molar-refractivity contribution in [2.45, 2.75) is 103 Å². The van der Waals surface area contributed by atoms with Gasteiger partial charge in [0, 0.05) is 12.8 Å². The number of phosphoric acid groups is 1. The van der Waals surface area contributed by atoms with Gasteiger partial charge in [0.2, 0.25) is 0 Å². The number of unbranched alkanes of at least 4 members (excludes halogenated alkanes) is 8. The summed E-state index contributed by atoms with van der Waals surface area (Å²) in [5.41, 5.74) is 0. The molecule has 0 aliphatic heterocycles. The first kappa shape index (κ1) is 32.0. The maximum Gasteiger partial charge on any atom is 0.472 e. The number of aliphatic hydroxyl groups is 2. The standard InChI is InChI=1S/C22H43O10P/c1-3-5-7-8-9-10-12-14-22(26)32-20(16-24)18-30-33(27,28)29-17-19(15-23)31-21(25)13-11-6-4-2/h19-20,23-24H,3-18H2,1-2H3,(H,27,28). The molecule has 196 valence electrons. The predicted octanol–water partition coefficient (Wildman–Crippen LogP) is 3.65. The maximum absolute atomic E-state index is 12.0. The molecule has 0 aliphatic rings. The Labute approximate surface area is 197 Å². The van der Waals surface area contributed by atoms with Crippen LogP contribution in [-0.4, -0.2) is 65.7 Å². The Morgan fingerprint density at radius 3 is 1.48 bits per heavy atom. The van der Waals surface area contributed by atoms with E-state index in [0.29, 0.717) is 12.8 Å². The molecule has 0 aromatic carbocycles. The first-order valence-corrected chi connectivity index (χ1v) is 13.5. The summed E-state index contributed by atoms with van der Waals surface area (Å²) < 4.78 is 31.6. The SMILES string of the molecule is CCCCCCCCCC(=O)OC(CO)COP(=O)(O)OCC(CO)OC(=O)CCCCC. The van der Waals surface area contributed by atoms with Crippen LogP contribution in [0, 0.1) is 0 Å². The van der Waals surface area contributed by atoms with Crippen LogP contribution in [0.1, 0.15) is 90.9 Å². The molecular weight excluding hydrogens is 455 g/mol. The Kier molecular flexibility index (Phi) is 19.7. The lowest BCUT2D eigenvalue weighted by Gasteiger charge is -2.20. The second-order valence-electron chi connectivity index (χ2n) is 7.98. The number of ether oxygens (including phenoxy) is 2. The van der Waals surface area contributed by atoms with Gasteiger partial charge in [-0.25, -0.2) is 4.57 Å². The molecule has 0 fully saturated rings. The lowest BCUT2D eigenvalue weighted by atomic mass is 10.1. The topological polar surface area (TPSA) is 149 Å². The molecule has 3 N–H and O–H groups in total. The average molecular weight is 499 g/mol. The average Bonchev–Trinajstić information content (AvgIpc) is 2.79. The van der Waals surface area contributed by atoms with Crippen molar-refractivity contribution < 1.29 is 47.8 Å². The highest BCUT2D eigenvalue weighted by Gasteiger charge is 2.27. The number of rotatable bonds is 22. The Morgan fingerprint density at radius 2 is 1.06 bits per heavy atom. The van der Waals surface area contributed by atoms with Gasteiger partial charge in [0.25, 0.3) is 0 Å². The van der Waals surface area contributed by atoms with E-state index in [4.69, 9.17) is 18.5 Å². The van der Waals surface area contributed by atoms with Gasteiger partial charge in [0.05, 0.1) is 26.4 Å². The molecule has 11 heteroatoms. The van der Waals surface area contributed by atoms with Gasteiger partial charge >= 0.3 is 19.8 Å². The normalized spacial score (nSPS) is 14.9. The minimum absolute atomic E-state index is 0.181. The van der Waals surface area contributed by atoms with E-state index >= 15 is 0 Å². The van der Waals surface area contributed by atoms with Gasteiger partial charge in [-0.2, -0.15) is 0 Å². The maximum atomic E-state index is 12.0. The van der Waals surface area contributed by atoms with Crippen molar-refractivity contribution in [3.8, 4) is 0 Å². The lowest BCUT2D eigenvalue weighted by molar-refractivity contribution is -0.153. The van der Waals surface area contributed by atoms with E-state index in [1.54, 1.807) is 0 Å². The van der Waals surface area contributed by atoms with Crippen molar-refractivity contribution in [3.05, 3.63) is 0 Å². The van der Waals surface area contributed by atoms with Crippen molar-refractivity contribution in [2.75, 3.05) is 26.4 Å².